The first-order chi connectivity index (χ1) is 9.91. The van der Waals surface area contributed by atoms with Gasteiger partial charge in [0.25, 0.3) is 0 Å². The molecule has 1 aliphatic carbocycles. The predicted molar refractivity (Wildman–Crippen MR) is 80.2 cm³/mol. The van der Waals surface area contributed by atoms with Gasteiger partial charge < -0.3 is 15.7 Å². The Bertz CT molecular complexity index is 532. The lowest BCUT2D eigenvalue weighted by molar-refractivity contribution is -0.148. The second-order valence-corrected chi connectivity index (χ2v) is 6.06. The van der Waals surface area contributed by atoms with Crippen molar-refractivity contribution < 1.29 is 14.7 Å². The molecule has 3 N–H and O–H groups in total. The lowest BCUT2D eigenvalue weighted by atomic mass is 9.85. The Morgan fingerprint density at radius 2 is 2.05 bits per heavy atom. The molecule has 1 aromatic rings. The van der Waals surface area contributed by atoms with Crippen LogP contribution in [0.25, 0.3) is 0 Å². The van der Waals surface area contributed by atoms with E-state index in [1.54, 1.807) is 19.1 Å². The van der Waals surface area contributed by atoms with Crippen LogP contribution >= 0.6 is 11.6 Å². The Balaban J connectivity index is 1.87. The van der Waals surface area contributed by atoms with Crippen molar-refractivity contribution in [2.45, 2.75) is 38.8 Å². The third kappa shape index (κ3) is 3.67. The summed E-state index contributed by atoms with van der Waals surface area (Å²) in [7, 11) is 0. The second-order valence-electron chi connectivity index (χ2n) is 5.62. The quantitative estimate of drug-likeness (QED) is 0.800. The summed E-state index contributed by atoms with van der Waals surface area (Å²) >= 11 is 5.79. The maximum Gasteiger partial charge on any atom is 0.315 e. The molecule has 2 unspecified atom stereocenters. The number of carbonyl (C=O) groups excluding carboxylic acids is 1. The maximum atomic E-state index is 11.9. The van der Waals surface area contributed by atoms with Gasteiger partial charge in [0, 0.05) is 17.6 Å². The van der Waals surface area contributed by atoms with E-state index >= 15 is 0 Å². The van der Waals surface area contributed by atoms with E-state index < -0.39 is 11.4 Å². The Kier molecular flexibility index (Phi) is 4.73. The summed E-state index contributed by atoms with van der Waals surface area (Å²) in [5.41, 5.74) is 0.0550. The van der Waals surface area contributed by atoms with Crippen LogP contribution in [0.15, 0.2) is 24.3 Å². The lowest BCUT2D eigenvalue weighted by Gasteiger charge is -2.27. The molecule has 0 radical (unpaired) electrons. The number of halogens is 1. The van der Waals surface area contributed by atoms with Crippen molar-refractivity contribution in [3.8, 4) is 0 Å². The van der Waals surface area contributed by atoms with Gasteiger partial charge in [0.1, 0.15) is 0 Å². The van der Waals surface area contributed by atoms with Crippen LogP contribution in [0.5, 0.6) is 0 Å². The fraction of sp³-hybridized carbons (Fsp3) is 0.467. The highest BCUT2D eigenvalue weighted by molar-refractivity contribution is 6.30. The summed E-state index contributed by atoms with van der Waals surface area (Å²) in [6.07, 6.45) is 2.09. The van der Waals surface area contributed by atoms with Gasteiger partial charge in [-0.15, -0.1) is 0 Å². The number of hydrogen-bond donors (Lipinski definition) is 3. The molecule has 0 bridgehead atoms. The van der Waals surface area contributed by atoms with Crippen molar-refractivity contribution in [3.05, 3.63) is 34.9 Å². The molecule has 6 heteroatoms. The van der Waals surface area contributed by atoms with Gasteiger partial charge in [-0.1, -0.05) is 30.2 Å². The smallest absolute Gasteiger partial charge is 0.315 e. The molecule has 0 heterocycles. The zero-order valence-corrected chi connectivity index (χ0v) is 12.6. The van der Waals surface area contributed by atoms with Crippen LogP contribution in [0.4, 0.5) is 4.79 Å². The summed E-state index contributed by atoms with van der Waals surface area (Å²) < 4.78 is 0. The van der Waals surface area contributed by atoms with Gasteiger partial charge in [0.15, 0.2) is 0 Å². The molecule has 0 aromatic heterocycles. The summed E-state index contributed by atoms with van der Waals surface area (Å²) in [4.78, 5) is 23.3. The number of urea groups is 1. The molecule has 114 valence electrons. The van der Waals surface area contributed by atoms with Crippen molar-refractivity contribution in [2.75, 3.05) is 0 Å². The van der Waals surface area contributed by atoms with Crippen molar-refractivity contribution in [1.82, 2.24) is 10.6 Å². The number of amides is 2. The van der Waals surface area contributed by atoms with E-state index in [4.69, 9.17) is 11.6 Å². The average molecular weight is 311 g/mol. The van der Waals surface area contributed by atoms with E-state index in [-0.39, 0.29) is 12.1 Å². The minimum Gasteiger partial charge on any atom is -0.481 e. The summed E-state index contributed by atoms with van der Waals surface area (Å²) in [5, 5.41) is 15.5. The average Bonchev–Trinajstić information content (AvgIpc) is 2.81. The zero-order chi connectivity index (χ0) is 15.5. The summed E-state index contributed by atoms with van der Waals surface area (Å²) in [5.74, 6) is -0.858. The van der Waals surface area contributed by atoms with E-state index in [1.807, 2.05) is 12.1 Å². The molecule has 2 amide bonds. The highest BCUT2D eigenvalue weighted by Gasteiger charge is 2.45. The largest absolute Gasteiger partial charge is 0.481 e. The summed E-state index contributed by atoms with van der Waals surface area (Å²) in [6, 6.07) is 6.51. The number of benzene rings is 1. The second kappa shape index (κ2) is 6.35. The predicted octanol–water partition coefficient (Wildman–Crippen LogP) is 2.78. The Labute approximate surface area is 128 Å². The standard InChI is InChI=1S/C15H19ClN2O3/c1-15(13(19)20)8-2-3-12(15)18-14(21)17-9-10-4-6-11(16)7-5-10/h4-7,12H,2-3,8-9H2,1H3,(H,19,20)(H2,17,18,21). The molecule has 5 nitrogen and oxygen atoms in total. The normalized spacial score (nSPS) is 24.6. The van der Waals surface area contributed by atoms with Gasteiger partial charge in [-0.2, -0.15) is 0 Å². The minimum absolute atomic E-state index is 0.333. The van der Waals surface area contributed by atoms with Crippen LogP contribution in [-0.2, 0) is 11.3 Å². The molecular formula is C15H19ClN2O3. The number of carboxylic acid groups (broad SMARTS) is 1. The Morgan fingerprint density at radius 1 is 1.38 bits per heavy atom. The van der Waals surface area contributed by atoms with Gasteiger partial charge in [-0.25, -0.2) is 4.79 Å². The van der Waals surface area contributed by atoms with Crippen LogP contribution in [0.3, 0.4) is 0 Å². The zero-order valence-electron chi connectivity index (χ0n) is 11.9. The number of aliphatic carboxylic acids is 1. The molecule has 1 saturated carbocycles. The molecule has 0 saturated heterocycles. The molecule has 1 aliphatic rings. The highest BCUT2D eigenvalue weighted by atomic mass is 35.5. The van der Waals surface area contributed by atoms with Gasteiger partial charge >= 0.3 is 12.0 Å². The number of carboxylic acids is 1. The van der Waals surface area contributed by atoms with E-state index in [0.29, 0.717) is 24.4 Å². The van der Waals surface area contributed by atoms with Crippen LogP contribution in [0.1, 0.15) is 31.7 Å². The third-order valence-electron chi connectivity index (χ3n) is 4.12. The first-order valence-corrected chi connectivity index (χ1v) is 7.32. The maximum absolute atomic E-state index is 11.9. The fourth-order valence-corrected chi connectivity index (χ4v) is 2.77. The van der Waals surface area contributed by atoms with Crippen LogP contribution < -0.4 is 10.6 Å². The molecule has 1 aromatic carbocycles. The number of hydrogen-bond acceptors (Lipinski definition) is 2. The van der Waals surface area contributed by atoms with Crippen LogP contribution in [0, 0.1) is 5.41 Å². The molecular weight excluding hydrogens is 292 g/mol. The molecule has 2 rings (SSSR count). The highest BCUT2D eigenvalue weighted by Crippen LogP contribution is 2.38. The monoisotopic (exact) mass is 310 g/mol. The van der Waals surface area contributed by atoms with E-state index in [0.717, 1.165) is 12.0 Å². The van der Waals surface area contributed by atoms with Crippen molar-refractivity contribution in [1.29, 1.82) is 0 Å². The third-order valence-corrected chi connectivity index (χ3v) is 4.37. The van der Waals surface area contributed by atoms with E-state index in [9.17, 15) is 14.7 Å². The summed E-state index contributed by atoms with van der Waals surface area (Å²) in [6.45, 7) is 2.06. The fourth-order valence-electron chi connectivity index (χ4n) is 2.65. The molecule has 0 spiro atoms. The number of rotatable bonds is 4. The van der Waals surface area contributed by atoms with Crippen LogP contribution in [-0.4, -0.2) is 23.1 Å². The van der Waals surface area contributed by atoms with E-state index in [1.165, 1.54) is 0 Å². The first kappa shape index (κ1) is 15.6. The van der Waals surface area contributed by atoms with Gasteiger partial charge in [0.05, 0.1) is 5.41 Å². The first-order valence-electron chi connectivity index (χ1n) is 6.94. The SMILES string of the molecule is CC1(C(=O)O)CCCC1NC(=O)NCc1ccc(Cl)cc1. The number of carbonyl (C=O) groups is 2. The molecule has 1 fully saturated rings. The Hall–Kier alpha value is -1.75. The molecule has 0 aliphatic heterocycles. The van der Waals surface area contributed by atoms with Gasteiger partial charge in [0.2, 0.25) is 0 Å². The molecule has 2 atom stereocenters. The van der Waals surface area contributed by atoms with Gasteiger partial charge in [-0.05, 0) is 37.5 Å². The van der Waals surface area contributed by atoms with Crippen molar-refractivity contribution in [3.63, 3.8) is 0 Å². The van der Waals surface area contributed by atoms with Crippen LogP contribution in [0.2, 0.25) is 5.02 Å². The lowest BCUT2D eigenvalue weighted by Crippen LogP contribution is -2.50. The topological polar surface area (TPSA) is 78.4 Å². The van der Waals surface area contributed by atoms with E-state index in [2.05, 4.69) is 10.6 Å². The Morgan fingerprint density at radius 3 is 2.67 bits per heavy atom. The number of nitrogens with one attached hydrogen (secondary N) is 2. The van der Waals surface area contributed by atoms with Gasteiger partial charge in [-0.3, -0.25) is 4.79 Å². The van der Waals surface area contributed by atoms with Crippen molar-refractivity contribution >= 4 is 23.6 Å². The van der Waals surface area contributed by atoms with Crippen molar-refractivity contribution in [2.24, 2.45) is 5.41 Å². The molecule has 21 heavy (non-hydrogen) atoms. The minimum atomic E-state index is -0.877.